The van der Waals surface area contributed by atoms with Gasteiger partial charge in [-0.2, -0.15) is 0 Å². The Morgan fingerprint density at radius 3 is 1.73 bits per heavy atom. The van der Waals surface area contributed by atoms with Gasteiger partial charge in [0.2, 0.25) is 0 Å². The first-order valence-corrected chi connectivity index (χ1v) is 22.4. The molecule has 0 N–H and O–H groups in total. The van der Waals surface area contributed by atoms with E-state index >= 15 is 0 Å². The monoisotopic (exact) mass is 832 g/mol. The Balaban J connectivity index is 0.932. The predicted octanol–water partition coefficient (Wildman–Crippen LogP) is 16.0. The van der Waals surface area contributed by atoms with Crippen molar-refractivity contribution in [2.45, 2.75) is 0 Å². The van der Waals surface area contributed by atoms with Crippen molar-refractivity contribution in [2.75, 3.05) is 0 Å². The number of rotatable bonds is 6. The van der Waals surface area contributed by atoms with Crippen LogP contribution in [0.15, 0.2) is 218 Å². The topological polar surface area (TPSA) is 43.6 Å². The average molecular weight is 833 g/mol. The quantitative estimate of drug-likeness (QED) is 0.157. The Morgan fingerprint density at radius 2 is 0.938 bits per heavy atom. The number of benzene rings is 9. The molecule has 4 aromatic heterocycles. The van der Waals surface area contributed by atoms with Crippen LogP contribution in [-0.4, -0.2) is 19.5 Å². The summed E-state index contributed by atoms with van der Waals surface area (Å²) in [4.78, 5) is 15.8. The molecular weight excluding hydrogens is 797 g/mol. The highest BCUT2D eigenvalue weighted by Gasteiger charge is 2.19. The molecule has 0 fully saturated rings. The zero-order valence-electron chi connectivity index (χ0n) is 34.5. The molecule has 0 saturated heterocycles. The van der Waals surface area contributed by atoms with Crippen molar-refractivity contribution in [3.05, 3.63) is 218 Å². The Morgan fingerprint density at radius 1 is 0.328 bits per heavy atom. The van der Waals surface area contributed by atoms with Crippen LogP contribution in [0.4, 0.5) is 0 Å². The highest BCUT2D eigenvalue weighted by Crippen LogP contribution is 2.44. The van der Waals surface area contributed by atoms with Crippen molar-refractivity contribution in [3.8, 4) is 62.0 Å². The lowest BCUT2D eigenvalue weighted by Crippen LogP contribution is -1.96. The standard InChI is InChI=1S/C59H36N4S/c1-4-14-39(15-5-1)58-47-31-33-55-57(46-21-11-13-23-54(46)64-55)56(47)45-30-28-41(35-51(45)60-58)37-24-26-38(27-25-37)49-36-50(62-59(61-49)40-16-6-2-7-17-40)42-29-32-53-48(34-42)44-20-10-12-22-52(44)63(53)43-18-8-3-9-19-43/h1-36H. The van der Waals surface area contributed by atoms with E-state index < -0.39 is 0 Å². The molecule has 0 aliphatic rings. The Bertz CT molecular complexity index is 3930. The molecule has 0 aliphatic carbocycles. The second kappa shape index (κ2) is 14.7. The maximum Gasteiger partial charge on any atom is 0.160 e. The summed E-state index contributed by atoms with van der Waals surface area (Å²) in [5.74, 6) is 0.693. The van der Waals surface area contributed by atoms with Crippen LogP contribution in [-0.2, 0) is 0 Å². The molecular formula is C59H36N4S. The van der Waals surface area contributed by atoms with Crippen molar-refractivity contribution in [1.82, 2.24) is 19.5 Å². The molecule has 0 amide bonds. The molecule has 9 aromatic carbocycles. The van der Waals surface area contributed by atoms with Crippen molar-refractivity contribution in [1.29, 1.82) is 0 Å². The van der Waals surface area contributed by atoms with Gasteiger partial charge in [0.15, 0.2) is 5.82 Å². The molecule has 4 heterocycles. The van der Waals surface area contributed by atoms with Gasteiger partial charge in [-0.3, -0.25) is 0 Å². The van der Waals surface area contributed by atoms with Crippen molar-refractivity contribution >= 4 is 75.0 Å². The zero-order valence-corrected chi connectivity index (χ0v) is 35.3. The summed E-state index contributed by atoms with van der Waals surface area (Å²) in [6, 6.07) is 77.7. The number of pyridine rings is 1. The van der Waals surface area contributed by atoms with E-state index in [4.69, 9.17) is 15.0 Å². The molecule has 64 heavy (non-hydrogen) atoms. The molecule has 298 valence electrons. The summed E-state index contributed by atoms with van der Waals surface area (Å²) in [6.45, 7) is 0. The average Bonchev–Trinajstić information content (AvgIpc) is 3.92. The number of hydrogen-bond acceptors (Lipinski definition) is 4. The lowest BCUT2D eigenvalue weighted by Gasteiger charge is -2.13. The van der Waals surface area contributed by atoms with Crippen LogP contribution in [0, 0.1) is 0 Å². The van der Waals surface area contributed by atoms with Crippen LogP contribution in [0.5, 0.6) is 0 Å². The number of nitrogens with zero attached hydrogens (tertiary/aromatic N) is 4. The molecule has 0 radical (unpaired) electrons. The van der Waals surface area contributed by atoms with E-state index in [0.29, 0.717) is 5.82 Å². The summed E-state index contributed by atoms with van der Waals surface area (Å²) in [5.41, 5.74) is 13.6. The maximum atomic E-state index is 5.41. The minimum atomic E-state index is 0.693. The van der Waals surface area contributed by atoms with Gasteiger partial charge in [-0.05, 0) is 65.7 Å². The first-order valence-electron chi connectivity index (χ1n) is 21.6. The van der Waals surface area contributed by atoms with E-state index in [0.717, 1.165) is 72.6 Å². The SMILES string of the molecule is c1ccc(-c2nc(-c3ccc(-c4ccc5c(c4)nc(-c4ccccc4)c4ccc6sc7ccccc7c6c45)cc3)cc(-c3ccc4c(c3)c3ccccc3n4-c3ccccc3)n2)cc1. The van der Waals surface area contributed by atoms with E-state index in [1.54, 1.807) is 0 Å². The van der Waals surface area contributed by atoms with Gasteiger partial charge in [0.25, 0.3) is 0 Å². The largest absolute Gasteiger partial charge is 0.309 e. The lowest BCUT2D eigenvalue weighted by atomic mass is 9.94. The fourth-order valence-corrected chi connectivity index (χ4v) is 10.7. The third kappa shape index (κ3) is 5.93. The third-order valence-corrected chi connectivity index (χ3v) is 13.7. The molecule has 0 bridgehead atoms. The van der Waals surface area contributed by atoms with Gasteiger partial charge in [-0.25, -0.2) is 15.0 Å². The summed E-state index contributed by atoms with van der Waals surface area (Å²) in [7, 11) is 0. The summed E-state index contributed by atoms with van der Waals surface area (Å²) < 4.78 is 4.93. The van der Waals surface area contributed by atoms with Gasteiger partial charge >= 0.3 is 0 Å². The van der Waals surface area contributed by atoms with E-state index in [-0.39, 0.29) is 0 Å². The van der Waals surface area contributed by atoms with Crippen LogP contribution in [0.2, 0.25) is 0 Å². The fraction of sp³-hybridized carbons (Fsp3) is 0. The van der Waals surface area contributed by atoms with Gasteiger partial charge in [0.1, 0.15) is 0 Å². The van der Waals surface area contributed by atoms with Crippen LogP contribution >= 0.6 is 11.3 Å². The molecule has 0 atom stereocenters. The van der Waals surface area contributed by atoms with Gasteiger partial charge < -0.3 is 4.57 Å². The van der Waals surface area contributed by atoms with Gasteiger partial charge in [0, 0.05) is 75.0 Å². The third-order valence-electron chi connectivity index (χ3n) is 12.6. The second-order valence-corrected chi connectivity index (χ2v) is 17.4. The first-order chi connectivity index (χ1) is 31.7. The van der Waals surface area contributed by atoms with Crippen LogP contribution in [0.25, 0.3) is 126 Å². The molecule has 13 aromatic rings. The van der Waals surface area contributed by atoms with E-state index in [1.165, 1.54) is 47.2 Å². The summed E-state index contributed by atoms with van der Waals surface area (Å²) in [5, 5.41) is 8.58. The number of fused-ring (bicyclic) bond motifs is 10. The minimum absolute atomic E-state index is 0.693. The first kappa shape index (κ1) is 36.4. The summed E-state index contributed by atoms with van der Waals surface area (Å²) >= 11 is 1.86. The van der Waals surface area contributed by atoms with E-state index in [1.807, 2.05) is 29.5 Å². The molecule has 0 aliphatic heterocycles. The number of para-hydroxylation sites is 2. The van der Waals surface area contributed by atoms with Crippen LogP contribution in [0.1, 0.15) is 0 Å². The molecule has 4 nitrogen and oxygen atoms in total. The predicted molar refractivity (Wildman–Crippen MR) is 269 cm³/mol. The molecule has 13 rings (SSSR count). The fourth-order valence-electron chi connectivity index (χ4n) is 9.59. The lowest BCUT2D eigenvalue weighted by molar-refractivity contribution is 1.18. The van der Waals surface area contributed by atoms with Crippen LogP contribution < -0.4 is 0 Å². The molecule has 5 heteroatoms. The van der Waals surface area contributed by atoms with Crippen molar-refractivity contribution in [2.24, 2.45) is 0 Å². The number of thiophene rings is 1. The number of aromatic nitrogens is 4. The molecule has 0 unspecified atom stereocenters. The van der Waals surface area contributed by atoms with Gasteiger partial charge in [0.05, 0.1) is 33.6 Å². The minimum Gasteiger partial charge on any atom is -0.309 e. The van der Waals surface area contributed by atoms with Crippen LogP contribution in [0.3, 0.4) is 0 Å². The number of hydrogen-bond donors (Lipinski definition) is 0. The Hall–Kier alpha value is -8.25. The van der Waals surface area contributed by atoms with Gasteiger partial charge in [-0.15, -0.1) is 11.3 Å². The summed E-state index contributed by atoms with van der Waals surface area (Å²) in [6.07, 6.45) is 0. The Labute approximate surface area is 373 Å². The van der Waals surface area contributed by atoms with Crippen molar-refractivity contribution in [3.63, 3.8) is 0 Å². The smallest absolute Gasteiger partial charge is 0.160 e. The molecule has 0 spiro atoms. The molecule has 0 saturated carbocycles. The normalized spacial score (nSPS) is 11.8. The maximum absolute atomic E-state index is 5.41. The van der Waals surface area contributed by atoms with Crippen molar-refractivity contribution < 1.29 is 0 Å². The van der Waals surface area contributed by atoms with E-state index in [2.05, 4.69) is 205 Å². The van der Waals surface area contributed by atoms with Gasteiger partial charge in [-0.1, -0.05) is 164 Å². The zero-order chi connectivity index (χ0) is 42.1. The Kier molecular flexibility index (Phi) is 8.36. The van der Waals surface area contributed by atoms with E-state index in [9.17, 15) is 0 Å². The highest BCUT2D eigenvalue weighted by atomic mass is 32.1. The second-order valence-electron chi connectivity index (χ2n) is 16.3. The highest BCUT2D eigenvalue weighted by molar-refractivity contribution is 7.26.